The minimum atomic E-state index is -3.23. The highest BCUT2D eigenvalue weighted by Gasteiger charge is 2.13. The van der Waals surface area contributed by atoms with Crippen LogP contribution in [0.3, 0.4) is 0 Å². The van der Waals surface area contributed by atoms with E-state index in [-0.39, 0.29) is 23.5 Å². The second-order valence-electron chi connectivity index (χ2n) is 6.76. The first kappa shape index (κ1) is 21.4. The summed E-state index contributed by atoms with van der Waals surface area (Å²) in [5.74, 6) is 0.766. The van der Waals surface area contributed by atoms with E-state index in [0.717, 1.165) is 16.3 Å². The van der Waals surface area contributed by atoms with Crippen molar-refractivity contribution in [2.75, 3.05) is 12.9 Å². The number of hydrogen-bond donors (Lipinski definition) is 1. The van der Waals surface area contributed by atoms with E-state index >= 15 is 0 Å². The van der Waals surface area contributed by atoms with Gasteiger partial charge in [-0.2, -0.15) is 0 Å². The zero-order chi connectivity index (χ0) is 20.2. The minimum Gasteiger partial charge on any atom is -0.483 e. The maximum Gasteiger partial charge on any atom is 0.258 e. The SMILES string of the molecule is CC(C)c1ccc(OCC(=O)N[C@H](C)c2ccc(S(C)(=O)=O)cc2)c(Br)c1. The standard InChI is InChI=1S/C20H24BrNO4S/c1-13(2)16-7-10-19(18(21)11-16)26-12-20(23)22-14(3)15-5-8-17(9-6-15)27(4,24)25/h5-11,13-14H,12H2,1-4H3,(H,22,23)/t14-/m1/s1. The van der Waals surface area contributed by atoms with E-state index in [2.05, 4.69) is 35.1 Å². The normalized spacial score (nSPS) is 12.7. The molecule has 1 N–H and O–H groups in total. The zero-order valence-corrected chi connectivity index (χ0v) is 18.2. The van der Waals surface area contributed by atoms with Gasteiger partial charge in [0.25, 0.3) is 5.91 Å². The van der Waals surface area contributed by atoms with Gasteiger partial charge in [0.05, 0.1) is 15.4 Å². The second-order valence-corrected chi connectivity index (χ2v) is 9.63. The Morgan fingerprint density at radius 2 is 1.67 bits per heavy atom. The number of nitrogens with one attached hydrogen (secondary N) is 1. The first-order chi connectivity index (χ1) is 12.6. The van der Waals surface area contributed by atoms with E-state index in [1.807, 2.05) is 25.1 Å². The van der Waals surface area contributed by atoms with Gasteiger partial charge in [-0.25, -0.2) is 8.42 Å². The number of carbonyl (C=O) groups excluding carboxylic acids is 1. The Morgan fingerprint density at radius 3 is 2.19 bits per heavy atom. The number of ether oxygens (including phenoxy) is 1. The Kier molecular flexibility index (Phi) is 7.06. The molecule has 0 aromatic heterocycles. The maximum atomic E-state index is 12.2. The fourth-order valence-electron chi connectivity index (χ4n) is 2.51. The summed E-state index contributed by atoms with van der Waals surface area (Å²) in [4.78, 5) is 12.4. The molecule has 146 valence electrons. The molecule has 0 unspecified atom stereocenters. The quantitative estimate of drug-likeness (QED) is 0.680. The molecule has 27 heavy (non-hydrogen) atoms. The molecule has 1 atom stereocenters. The van der Waals surface area contributed by atoms with Crippen molar-refractivity contribution in [3.63, 3.8) is 0 Å². The fraction of sp³-hybridized carbons (Fsp3) is 0.350. The number of halogens is 1. The Morgan fingerprint density at radius 1 is 1.07 bits per heavy atom. The topological polar surface area (TPSA) is 72.5 Å². The summed E-state index contributed by atoms with van der Waals surface area (Å²) in [6, 6.07) is 12.0. The molecular formula is C20H24BrNO4S. The molecule has 0 heterocycles. The van der Waals surface area contributed by atoms with Gasteiger partial charge in [0.15, 0.2) is 16.4 Å². The predicted molar refractivity (Wildman–Crippen MR) is 110 cm³/mol. The van der Waals surface area contributed by atoms with Crippen molar-refractivity contribution in [2.24, 2.45) is 0 Å². The molecule has 1 amide bonds. The average molecular weight is 454 g/mol. The van der Waals surface area contributed by atoms with Crippen LogP contribution < -0.4 is 10.1 Å². The van der Waals surface area contributed by atoms with Crippen molar-refractivity contribution >= 4 is 31.7 Å². The maximum absolute atomic E-state index is 12.2. The van der Waals surface area contributed by atoms with Gasteiger partial charge in [-0.05, 0) is 64.2 Å². The summed E-state index contributed by atoms with van der Waals surface area (Å²) in [5, 5.41) is 2.85. The predicted octanol–water partition coefficient (Wildman–Crippen LogP) is 4.23. The van der Waals surface area contributed by atoms with Gasteiger partial charge in [0, 0.05) is 6.26 Å². The van der Waals surface area contributed by atoms with Gasteiger partial charge in [-0.15, -0.1) is 0 Å². The third-order valence-electron chi connectivity index (χ3n) is 4.17. The van der Waals surface area contributed by atoms with E-state index in [4.69, 9.17) is 4.74 Å². The molecule has 0 aliphatic carbocycles. The lowest BCUT2D eigenvalue weighted by atomic mass is 10.0. The molecule has 7 heteroatoms. The third kappa shape index (κ3) is 6.07. The lowest BCUT2D eigenvalue weighted by molar-refractivity contribution is -0.123. The second kappa shape index (κ2) is 8.89. The number of amides is 1. The van der Waals surface area contributed by atoms with Crippen molar-refractivity contribution in [3.8, 4) is 5.75 Å². The van der Waals surface area contributed by atoms with Crippen molar-refractivity contribution in [2.45, 2.75) is 37.6 Å². The van der Waals surface area contributed by atoms with Gasteiger partial charge in [0.2, 0.25) is 0 Å². The van der Waals surface area contributed by atoms with Crippen LogP contribution in [-0.2, 0) is 14.6 Å². The highest BCUT2D eigenvalue weighted by Crippen LogP contribution is 2.28. The van der Waals surface area contributed by atoms with Crippen molar-refractivity contribution < 1.29 is 17.9 Å². The number of carbonyl (C=O) groups is 1. The smallest absolute Gasteiger partial charge is 0.258 e. The molecule has 0 aliphatic heterocycles. The molecule has 0 spiro atoms. The van der Waals surface area contributed by atoms with Crippen LogP contribution in [-0.4, -0.2) is 27.2 Å². The summed E-state index contributed by atoms with van der Waals surface area (Å²) >= 11 is 3.47. The van der Waals surface area contributed by atoms with Crippen LogP contribution in [0.5, 0.6) is 5.75 Å². The highest BCUT2D eigenvalue weighted by molar-refractivity contribution is 9.10. The molecule has 2 aromatic rings. The van der Waals surface area contributed by atoms with E-state index in [9.17, 15) is 13.2 Å². The highest BCUT2D eigenvalue weighted by atomic mass is 79.9. The van der Waals surface area contributed by atoms with E-state index in [0.29, 0.717) is 11.7 Å². The number of sulfone groups is 1. The summed E-state index contributed by atoms with van der Waals surface area (Å²) in [6.45, 7) is 5.95. The van der Waals surface area contributed by atoms with Crippen molar-refractivity contribution in [1.82, 2.24) is 5.32 Å². The van der Waals surface area contributed by atoms with Crippen molar-refractivity contribution in [3.05, 3.63) is 58.1 Å². The minimum absolute atomic E-state index is 0.106. The summed E-state index contributed by atoms with van der Waals surface area (Å²) < 4.78 is 29.4. The Bertz CT molecular complexity index is 908. The molecule has 0 saturated carbocycles. The van der Waals surface area contributed by atoms with Crippen molar-refractivity contribution in [1.29, 1.82) is 0 Å². The van der Waals surface area contributed by atoms with Gasteiger partial charge < -0.3 is 10.1 Å². The zero-order valence-electron chi connectivity index (χ0n) is 15.8. The van der Waals surface area contributed by atoms with Gasteiger partial charge in [-0.1, -0.05) is 32.0 Å². The Labute approximate surface area is 169 Å². The fourth-order valence-corrected chi connectivity index (χ4v) is 3.65. The summed E-state index contributed by atoms with van der Waals surface area (Å²) in [7, 11) is -3.23. The molecular weight excluding hydrogens is 430 g/mol. The van der Waals surface area contributed by atoms with Crippen LogP contribution in [0.4, 0.5) is 0 Å². The molecule has 2 aromatic carbocycles. The first-order valence-corrected chi connectivity index (χ1v) is 11.3. The summed E-state index contributed by atoms with van der Waals surface area (Å²) in [6.07, 6.45) is 1.16. The Hall–Kier alpha value is -1.86. The van der Waals surface area contributed by atoms with Gasteiger partial charge in [-0.3, -0.25) is 4.79 Å². The first-order valence-electron chi connectivity index (χ1n) is 8.59. The van der Waals surface area contributed by atoms with E-state index in [1.165, 1.54) is 17.7 Å². The largest absolute Gasteiger partial charge is 0.483 e. The van der Waals surface area contributed by atoms with Crippen LogP contribution in [0, 0.1) is 0 Å². The van der Waals surface area contributed by atoms with Crippen LogP contribution in [0.1, 0.15) is 43.9 Å². The number of rotatable bonds is 7. The molecule has 0 saturated heterocycles. The van der Waals surface area contributed by atoms with Gasteiger partial charge >= 0.3 is 0 Å². The average Bonchev–Trinajstić information content (AvgIpc) is 2.59. The van der Waals surface area contributed by atoms with Crippen LogP contribution in [0.15, 0.2) is 51.8 Å². The van der Waals surface area contributed by atoms with Crippen LogP contribution >= 0.6 is 15.9 Å². The number of hydrogen-bond acceptors (Lipinski definition) is 4. The molecule has 0 bridgehead atoms. The monoisotopic (exact) mass is 453 g/mol. The molecule has 0 aliphatic rings. The number of benzene rings is 2. The molecule has 2 rings (SSSR count). The lowest BCUT2D eigenvalue weighted by Crippen LogP contribution is -2.31. The van der Waals surface area contributed by atoms with Gasteiger partial charge in [0.1, 0.15) is 5.75 Å². The molecule has 5 nitrogen and oxygen atoms in total. The Balaban J connectivity index is 1.93. The molecule has 0 fully saturated rings. The molecule has 0 radical (unpaired) electrons. The van der Waals surface area contributed by atoms with E-state index < -0.39 is 9.84 Å². The van der Waals surface area contributed by atoms with E-state index in [1.54, 1.807) is 12.1 Å². The summed E-state index contributed by atoms with van der Waals surface area (Å²) in [5.41, 5.74) is 2.00. The van der Waals surface area contributed by atoms with Crippen LogP contribution in [0.2, 0.25) is 0 Å². The lowest BCUT2D eigenvalue weighted by Gasteiger charge is -2.16. The third-order valence-corrected chi connectivity index (χ3v) is 5.92. The van der Waals surface area contributed by atoms with Crippen LogP contribution in [0.25, 0.3) is 0 Å².